The average Bonchev–Trinajstić information content (AvgIpc) is 2.94. The third-order valence-corrected chi connectivity index (χ3v) is 3.84. The molecule has 0 radical (unpaired) electrons. The molecule has 132 valence electrons. The zero-order valence-electron chi connectivity index (χ0n) is 16.3. The van der Waals surface area contributed by atoms with Crippen molar-refractivity contribution in [1.29, 1.82) is 0 Å². The van der Waals surface area contributed by atoms with Gasteiger partial charge in [0.05, 0.1) is 12.6 Å². The predicted octanol–water partition coefficient (Wildman–Crippen LogP) is 0.178. The summed E-state index contributed by atoms with van der Waals surface area (Å²) in [4.78, 5) is 15.4. The van der Waals surface area contributed by atoms with Crippen molar-refractivity contribution in [2.24, 2.45) is 0 Å². The van der Waals surface area contributed by atoms with Crippen molar-refractivity contribution in [3.63, 3.8) is 0 Å². The SMILES string of the molecule is CC.CC.Cc1cc2n[c-]nc3c2c(n1)OCC1CCOCCN31.[K+]. The second-order valence-corrected chi connectivity index (χ2v) is 5.17. The van der Waals surface area contributed by atoms with E-state index < -0.39 is 0 Å². The Kier molecular flexibility index (Phi) is 10.4. The molecule has 0 saturated carbocycles. The summed E-state index contributed by atoms with van der Waals surface area (Å²) in [6.45, 7) is 12.8. The zero-order chi connectivity index (χ0) is 17.5. The van der Waals surface area contributed by atoms with E-state index in [-0.39, 0.29) is 57.4 Å². The molecular formula is C18H27KN4O2. The predicted molar refractivity (Wildman–Crippen MR) is 95.7 cm³/mol. The molecule has 0 aliphatic carbocycles. The summed E-state index contributed by atoms with van der Waals surface area (Å²) >= 11 is 0. The van der Waals surface area contributed by atoms with E-state index in [1.807, 2.05) is 40.7 Å². The number of ether oxygens (including phenoxy) is 2. The minimum absolute atomic E-state index is 0. The number of hydrogen-bond acceptors (Lipinski definition) is 6. The summed E-state index contributed by atoms with van der Waals surface area (Å²) in [5.74, 6) is 1.50. The Labute approximate surface area is 193 Å². The molecule has 0 bridgehead atoms. The Morgan fingerprint density at radius 1 is 1.16 bits per heavy atom. The van der Waals surface area contributed by atoms with Gasteiger partial charge < -0.3 is 24.3 Å². The molecule has 0 spiro atoms. The van der Waals surface area contributed by atoms with Gasteiger partial charge in [-0.05, 0) is 24.2 Å². The maximum Gasteiger partial charge on any atom is 1.00 e. The minimum atomic E-state index is 0. The first-order valence-corrected chi connectivity index (χ1v) is 8.85. The second kappa shape index (κ2) is 11.4. The quantitative estimate of drug-likeness (QED) is 0.487. The van der Waals surface area contributed by atoms with Crippen molar-refractivity contribution in [1.82, 2.24) is 15.0 Å². The molecule has 1 atom stereocenters. The van der Waals surface area contributed by atoms with Gasteiger partial charge >= 0.3 is 51.4 Å². The van der Waals surface area contributed by atoms with E-state index in [1.165, 1.54) is 0 Å². The van der Waals surface area contributed by atoms with Gasteiger partial charge in [-0.25, -0.2) is 4.98 Å². The summed E-state index contributed by atoms with van der Waals surface area (Å²) in [7, 11) is 0. The van der Waals surface area contributed by atoms with Crippen molar-refractivity contribution in [2.75, 3.05) is 31.3 Å². The summed E-state index contributed by atoms with van der Waals surface area (Å²) in [6.07, 6.45) is 3.69. The van der Waals surface area contributed by atoms with Crippen molar-refractivity contribution in [2.45, 2.75) is 47.1 Å². The number of hydrogen-bond donors (Lipinski definition) is 0. The van der Waals surface area contributed by atoms with Crippen LogP contribution in [0.5, 0.6) is 5.88 Å². The summed E-state index contributed by atoms with van der Waals surface area (Å²) < 4.78 is 11.5. The van der Waals surface area contributed by atoms with Crippen LogP contribution in [0.15, 0.2) is 6.07 Å². The molecule has 0 amide bonds. The molecular weight excluding hydrogens is 343 g/mol. The van der Waals surface area contributed by atoms with Crippen LogP contribution in [0.25, 0.3) is 10.9 Å². The fourth-order valence-electron chi connectivity index (χ4n) is 2.87. The fraction of sp³-hybridized carbons (Fsp3) is 0.611. The van der Waals surface area contributed by atoms with Crippen molar-refractivity contribution in [3.05, 3.63) is 18.1 Å². The van der Waals surface area contributed by atoms with E-state index in [0.717, 1.165) is 42.0 Å². The maximum absolute atomic E-state index is 5.92. The normalized spacial score (nSPS) is 18.0. The van der Waals surface area contributed by atoms with Crippen LogP contribution in [-0.2, 0) is 4.74 Å². The molecule has 0 aromatic carbocycles. The van der Waals surface area contributed by atoms with Gasteiger partial charge in [-0.1, -0.05) is 33.8 Å². The van der Waals surface area contributed by atoms with E-state index in [0.29, 0.717) is 19.1 Å². The Balaban J connectivity index is 0.000000586. The number of aromatic nitrogens is 3. The smallest absolute Gasteiger partial charge is 0.476 e. The van der Waals surface area contributed by atoms with Gasteiger partial charge in [-0.3, -0.25) is 0 Å². The third kappa shape index (κ3) is 5.11. The number of anilines is 1. The Morgan fingerprint density at radius 2 is 1.92 bits per heavy atom. The van der Waals surface area contributed by atoms with Gasteiger partial charge in [0.25, 0.3) is 0 Å². The van der Waals surface area contributed by atoms with Crippen LogP contribution in [0.3, 0.4) is 0 Å². The zero-order valence-corrected chi connectivity index (χ0v) is 19.4. The standard InChI is InChI=1S/C14H15N4O2.2C2H6.K/c1-9-6-11-12-13(16-8-15-11)18-3-5-19-4-2-10(18)7-20-14(12)17-9;2*1-2;/h6,10H,2-5,7H2,1H3;2*1-2H3;/q-1;;;+1. The van der Waals surface area contributed by atoms with E-state index in [9.17, 15) is 0 Å². The molecule has 0 N–H and O–H groups in total. The van der Waals surface area contributed by atoms with Crippen LogP contribution in [0.4, 0.5) is 5.82 Å². The molecule has 4 heterocycles. The molecule has 1 fully saturated rings. The van der Waals surface area contributed by atoms with Crippen molar-refractivity contribution < 1.29 is 60.9 Å². The maximum atomic E-state index is 5.92. The first-order chi connectivity index (χ1) is 11.8. The number of pyridine rings is 1. The Morgan fingerprint density at radius 3 is 2.68 bits per heavy atom. The number of nitrogens with zero attached hydrogens (tertiary/aromatic N) is 4. The van der Waals surface area contributed by atoms with Gasteiger partial charge in [-0.2, -0.15) is 0 Å². The van der Waals surface area contributed by atoms with Crippen LogP contribution < -0.4 is 61.0 Å². The van der Waals surface area contributed by atoms with Crippen LogP contribution in [0.2, 0.25) is 0 Å². The summed E-state index contributed by atoms with van der Waals surface area (Å²) in [5.41, 5.74) is 1.73. The van der Waals surface area contributed by atoms with Crippen LogP contribution in [-0.4, -0.2) is 47.4 Å². The van der Waals surface area contributed by atoms with Crippen LogP contribution >= 0.6 is 0 Å². The molecule has 7 heteroatoms. The van der Waals surface area contributed by atoms with Gasteiger partial charge in [-0.15, -0.1) is 0 Å². The van der Waals surface area contributed by atoms with Gasteiger partial charge in [0, 0.05) is 31.0 Å². The van der Waals surface area contributed by atoms with E-state index >= 15 is 0 Å². The van der Waals surface area contributed by atoms with Gasteiger partial charge in [0.2, 0.25) is 5.88 Å². The Hall–Kier alpha value is -0.314. The number of fused-ring (bicyclic) bond motifs is 2. The molecule has 4 rings (SSSR count). The fourth-order valence-corrected chi connectivity index (χ4v) is 2.87. The molecule has 2 aliphatic heterocycles. The first kappa shape index (κ1) is 22.7. The molecule has 2 aromatic rings. The average molecular weight is 371 g/mol. The minimum Gasteiger partial charge on any atom is -0.476 e. The van der Waals surface area contributed by atoms with Crippen LogP contribution in [0, 0.1) is 13.3 Å². The monoisotopic (exact) mass is 370 g/mol. The van der Waals surface area contributed by atoms with E-state index in [2.05, 4.69) is 26.2 Å². The first-order valence-electron chi connectivity index (χ1n) is 8.85. The molecule has 2 aliphatic rings. The van der Waals surface area contributed by atoms with E-state index in [1.54, 1.807) is 0 Å². The molecule has 6 nitrogen and oxygen atoms in total. The molecule has 1 unspecified atom stereocenters. The Bertz CT molecular complexity index is 669. The largest absolute Gasteiger partial charge is 1.00 e. The topological polar surface area (TPSA) is 60.4 Å². The van der Waals surface area contributed by atoms with Gasteiger partial charge in [0.1, 0.15) is 6.61 Å². The van der Waals surface area contributed by atoms with Gasteiger partial charge in [0.15, 0.2) is 0 Å². The summed E-state index contributed by atoms with van der Waals surface area (Å²) in [5, 5.41) is 0.888. The third-order valence-electron chi connectivity index (χ3n) is 3.84. The molecule has 2 aromatic heterocycles. The van der Waals surface area contributed by atoms with Crippen molar-refractivity contribution in [3.8, 4) is 5.88 Å². The van der Waals surface area contributed by atoms with Crippen LogP contribution in [0.1, 0.15) is 39.8 Å². The van der Waals surface area contributed by atoms with Crippen molar-refractivity contribution >= 4 is 16.7 Å². The second-order valence-electron chi connectivity index (χ2n) is 5.17. The van der Waals surface area contributed by atoms with E-state index in [4.69, 9.17) is 9.47 Å². The number of rotatable bonds is 0. The molecule has 25 heavy (non-hydrogen) atoms. The molecule has 1 saturated heterocycles. The summed E-state index contributed by atoms with van der Waals surface area (Å²) in [6, 6.07) is 2.21. The number of aryl methyl sites for hydroxylation is 1.